The molecular formula is C20H28N2O2S. The van der Waals surface area contributed by atoms with Crippen LogP contribution in [0.2, 0.25) is 0 Å². The molecule has 0 aliphatic carbocycles. The Kier molecular flexibility index (Phi) is 6.76. The third-order valence-corrected chi connectivity index (χ3v) is 5.97. The van der Waals surface area contributed by atoms with E-state index < -0.39 is 10.0 Å². The van der Waals surface area contributed by atoms with Crippen LogP contribution in [0, 0.1) is 13.8 Å². The predicted octanol–water partition coefficient (Wildman–Crippen LogP) is 3.62. The molecular weight excluding hydrogens is 332 g/mol. The second-order valence-corrected chi connectivity index (χ2v) is 8.11. The summed E-state index contributed by atoms with van der Waals surface area (Å²) in [5.74, 6) is 0. The average molecular weight is 361 g/mol. The minimum absolute atomic E-state index is 0.293. The molecule has 1 N–H and O–H groups in total. The highest BCUT2D eigenvalue weighted by molar-refractivity contribution is 7.89. The van der Waals surface area contributed by atoms with Gasteiger partial charge in [-0.1, -0.05) is 50.2 Å². The summed E-state index contributed by atoms with van der Waals surface area (Å²) in [7, 11) is -3.51. The SMILES string of the molecule is CCN(CC)Cc1ccc(CNS(=O)(=O)c2cc(C)ccc2C)cc1. The largest absolute Gasteiger partial charge is 0.300 e. The Morgan fingerprint density at radius 2 is 1.52 bits per heavy atom. The van der Waals surface area contributed by atoms with Crippen molar-refractivity contribution in [2.75, 3.05) is 13.1 Å². The van der Waals surface area contributed by atoms with Crippen molar-refractivity contribution in [1.29, 1.82) is 0 Å². The van der Waals surface area contributed by atoms with Crippen LogP contribution < -0.4 is 4.72 Å². The van der Waals surface area contributed by atoms with Gasteiger partial charge in [-0.25, -0.2) is 13.1 Å². The van der Waals surface area contributed by atoms with Crippen LogP contribution in [-0.2, 0) is 23.1 Å². The summed E-state index contributed by atoms with van der Waals surface area (Å²) in [6.45, 7) is 11.3. The Morgan fingerprint density at radius 1 is 0.920 bits per heavy atom. The lowest BCUT2D eigenvalue weighted by Gasteiger charge is -2.18. The molecule has 0 aliphatic rings. The zero-order valence-electron chi connectivity index (χ0n) is 15.5. The molecule has 0 saturated heterocycles. The zero-order chi connectivity index (χ0) is 18.4. The second kappa shape index (κ2) is 8.61. The predicted molar refractivity (Wildman–Crippen MR) is 103 cm³/mol. The maximum atomic E-state index is 12.6. The zero-order valence-corrected chi connectivity index (χ0v) is 16.4. The van der Waals surface area contributed by atoms with Crippen LogP contribution in [0.15, 0.2) is 47.4 Å². The van der Waals surface area contributed by atoms with Crippen LogP contribution in [0.5, 0.6) is 0 Å². The molecule has 0 fully saturated rings. The van der Waals surface area contributed by atoms with E-state index in [0.717, 1.165) is 36.3 Å². The van der Waals surface area contributed by atoms with Gasteiger partial charge in [0.25, 0.3) is 0 Å². The van der Waals surface area contributed by atoms with Crippen LogP contribution in [0.3, 0.4) is 0 Å². The lowest BCUT2D eigenvalue weighted by molar-refractivity contribution is 0.296. The quantitative estimate of drug-likeness (QED) is 0.782. The second-order valence-electron chi connectivity index (χ2n) is 6.37. The third-order valence-electron chi connectivity index (χ3n) is 4.42. The minimum atomic E-state index is -3.51. The molecule has 0 amide bonds. The van der Waals surface area contributed by atoms with Gasteiger partial charge >= 0.3 is 0 Å². The van der Waals surface area contributed by atoms with Crippen LogP contribution in [-0.4, -0.2) is 26.4 Å². The number of hydrogen-bond acceptors (Lipinski definition) is 3. The molecule has 0 aromatic heterocycles. The highest BCUT2D eigenvalue weighted by Crippen LogP contribution is 2.17. The third kappa shape index (κ3) is 5.39. The summed E-state index contributed by atoms with van der Waals surface area (Å²) in [6, 6.07) is 13.6. The standard InChI is InChI=1S/C20H28N2O2S/c1-5-22(6-2)15-19-11-9-18(10-12-19)14-21-25(23,24)20-13-16(3)7-8-17(20)4/h7-13,21H,5-6,14-15H2,1-4H3. The Labute approximate surface area is 151 Å². The Bertz CT molecular complexity index is 795. The summed E-state index contributed by atoms with van der Waals surface area (Å²) < 4.78 is 27.8. The summed E-state index contributed by atoms with van der Waals surface area (Å²) in [5.41, 5.74) is 3.89. The van der Waals surface area contributed by atoms with E-state index in [1.165, 1.54) is 5.56 Å². The van der Waals surface area contributed by atoms with Gasteiger partial charge in [-0.15, -0.1) is 0 Å². The van der Waals surface area contributed by atoms with Gasteiger partial charge in [-0.05, 0) is 55.3 Å². The molecule has 0 aliphatic heterocycles. The van der Waals surface area contributed by atoms with E-state index in [2.05, 4.69) is 35.6 Å². The molecule has 2 aromatic carbocycles. The molecule has 136 valence electrons. The van der Waals surface area contributed by atoms with Gasteiger partial charge < -0.3 is 0 Å². The highest BCUT2D eigenvalue weighted by atomic mass is 32.2. The van der Waals surface area contributed by atoms with Crippen LogP contribution in [0.4, 0.5) is 0 Å². The first-order chi connectivity index (χ1) is 11.9. The minimum Gasteiger partial charge on any atom is -0.300 e. The molecule has 0 radical (unpaired) electrons. The van der Waals surface area contributed by atoms with E-state index in [0.29, 0.717) is 11.4 Å². The first-order valence-corrected chi connectivity index (χ1v) is 10.2. The molecule has 0 spiro atoms. The summed E-state index contributed by atoms with van der Waals surface area (Å²) in [5, 5.41) is 0. The molecule has 0 atom stereocenters. The van der Waals surface area contributed by atoms with Gasteiger partial charge in [0.1, 0.15) is 0 Å². The number of benzene rings is 2. The van der Waals surface area contributed by atoms with Crippen molar-refractivity contribution in [2.45, 2.75) is 45.7 Å². The smallest absolute Gasteiger partial charge is 0.241 e. The fourth-order valence-corrected chi connectivity index (χ4v) is 4.07. The van der Waals surface area contributed by atoms with Gasteiger partial charge in [0, 0.05) is 13.1 Å². The molecule has 5 heteroatoms. The molecule has 0 unspecified atom stereocenters. The number of hydrogen-bond donors (Lipinski definition) is 1. The van der Waals surface area contributed by atoms with Crippen LogP contribution in [0.1, 0.15) is 36.1 Å². The number of sulfonamides is 1. The Balaban J connectivity index is 2.04. The topological polar surface area (TPSA) is 49.4 Å². The van der Waals surface area contributed by atoms with E-state index in [1.54, 1.807) is 6.07 Å². The van der Waals surface area contributed by atoms with E-state index in [9.17, 15) is 8.42 Å². The summed E-state index contributed by atoms with van der Waals surface area (Å²) in [4.78, 5) is 2.70. The molecule has 25 heavy (non-hydrogen) atoms. The first kappa shape index (κ1) is 19.6. The van der Waals surface area contributed by atoms with Crippen molar-refractivity contribution in [3.63, 3.8) is 0 Å². The number of rotatable bonds is 8. The van der Waals surface area contributed by atoms with Gasteiger partial charge in [-0.2, -0.15) is 0 Å². The monoisotopic (exact) mass is 360 g/mol. The van der Waals surface area contributed by atoms with E-state index in [4.69, 9.17) is 0 Å². The Morgan fingerprint density at radius 3 is 2.12 bits per heavy atom. The van der Waals surface area contributed by atoms with Crippen molar-refractivity contribution in [2.24, 2.45) is 0 Å². The molecule has 4 nitrogen and oxygen atoms in total. The van der Waals surface area contributed by atoms with Gasteiger partial charge in [-0.3, -0.25) is 4.90 Å². The van der Waals surface area contributed by atoms with E-state index >= 15 is 0 Å². The van der Waals surface area contributed by atoms with Gasteiger partial charge in [0.15, 0.2) is 0 Å². The van der Waals surface area contributed by atoms with E-state index in [1.807, 2.05) is 38.1 Å². The van der Waals surface area contributed by atoms with Crippen molar-refractivity contribution in [3.05, 3.63) is 64.7 Å². The number of nitrogens with one attached hydrogen (secondary N) is 1. The van der Waals surface area contributed by atoms with Crippen molar-refractivity contribution >= 4 is 10.0 Å². The maximum Gasteiger partial charge on any atom is 0.241 e. The lowest BCUT2D eigenvalue weighted by atomic mass is 10.1. The first-order valence-electron chi connectivity index (χ1n) is 8.72. The number of nitrogens with zero attached hydrogens (tertiary/aromatic N) is 1. The highest BCUT2D eigenvalue weighted by Gasteiger charge is 2.16. The van der Waals surface area contributed by atoms with Crippen molar-refractivity contribution in [3.8, 4) is 0 Å². The molecule has 0 heterocycles. The van der Waals surface area contributed by atoms with Gasteiger partial charge in [0.05, 0.1) is 4.90 Å². The fourth-order valence-electron chi connectivity index (χ4n) is 2.72. The maximum absolute atomic E-state index is 12.6. The normalized spacial score (nSPS) is 11.9. The summed E-state index contributed by atoms with van der Waals surface area (Å²) >= 11 is 0. The van der Waals surface area contributed by atoms with Gasteiger partial charge in [0.2, 0.25) is 10.0 Å². The van der Waals surface area contributed by atoms with Crippen LogP contribution in [0.25, 0.3) is 0 Å². The fraction of sp³-hybridized carbons (Fsp3) is 0.400. The van der Waals surface area contributed by atoms with Crippen molar-refractivity contribution < 1.29 is 8.42 Å². The number of aryl methyl sites for hydroxylation is 2. The molecule has 0 saturated carbocycles. The molecule has 2 aromatic rings. The van der Waals surface area contributed by atoms with E-state index in [-0.39, 0.29) is 0 Å². The lowest BCUT2D eigenvalue weighted by Crippen LogP contribution is -2.24. The van der Waals surface area contributed by atoms with Crippen molar-refractivity contribution in [1.82, 2.24) is 9.62 Å². The van der Waals surface area contributed by atoms with Crippen LogP contribution >= 0.6 is 0 Å². The summed E-state index contributed by atoms with van der Waals surface area (Å²) in [6.07, 6.45) is 0. The molecule has 0 bridgehead atoms. The molecule has 2 rings (SSSR count). The average Bonchev–Trinajstić information content (AvgIpc) is 2.61. The Hall–Kier alpha value is -1.69.